The molecule has 0 unspecified atom stereocenters. The normalized spacial score (nSPS) is 20.0. The molecule has 1 atom stereocenters. The maximum atomic E-state index is 15.7. The van der Waals surface area contributed by atoms with Crippen molar-refractivity contribution in [1.82, 2.24) is 9.88 Å². The Kier molecular flexibility index (Phi) is 8.30. The van der Waals surface area contributed by atoms with Gasteiger partial charge in [0.25, 0.3) is 0 Å². The summed E-state index contributed by atoms with van der Waals surface area (Å²) in [5.41, 5.74) is 0.719. The van der Waals surface area contributed by atoms with E-state index in [1.807, 2.05) is 0 Å². The van der Waals surface area contributed by atoms with E-state index in [-0.39, 0.29) is 18.3 Å². The Balaban J connectivity index is 1.42. The lowest BCUT2D eigenvalue weighted by molar-refractivity contribution is -0.141. The molecule has 186 valence electrons. The number of ether oxygens (including phenoxy) is 1. The number of pyridine rings is 1. The van der Waals surface area contributed by atoms with E-state index in [2.05, 4.69) is 9.88 Å². The Labute approximate surface area is 206 Å². The van der Waals surface area contributed by atoms with E-state index in [0.717, 1.165) is 38.4 Å². The maximum Gasteiger partial charge on any atom is 0.303 e. The summed E-state index contributed by atoms with van der Waals surface area (Å²) in [6.07, 6.45) is 9.34. The van der Waals surface area contributed by atoms with Gasteiger partial charge < -0.3 is 14.7 Å². The quantitative estimate of drug-likeness (QED) is 0.395. The van der Waals surface area contributed by atoms with Gasteiger partial charge in [-0.2, -0.15) is 0 Å². The lowest BCUT2D eigenvalue weighted by Crippen LogP contribution is -2.42. The van der Waals surface area contributed by atoms with Crippen molar-refractivity contribution in [2.45, 2.75) is 70.4 Å². The van der Waals surface area contributed by atoms with Gasteiger partial charge in [0.05, 0.1) is 24.1 Å². The number of rotatable bonds is 10. The number of methoxy groups -OCH3 is 1. The minimum absolute atomic E-state index is 0.0921. The summed E-state index contributed by atoms with van der Waals surface area (Å²) >= 11 is 6.40. The highest BCUT2D eigenvalue weighted by molar-refractivity contribution is 6.32. The minimum Gasteiger partial charge on any atom is -0.497 e. The van der Waals surface area contributed by atoms with Crippen molar-refractivity contribution in [1.29, 1.82) is 0 Å². The molecule has 1 saturated carbocycles. The monoisotopic (exact) mass is 490 g/mol. The highest BCUT2D eigenvalue weighted by Crippen LogP contribution is 2.44. The fraction of sp³-hybridized carbons (Fsp3) is 0.630. The third kappa shape index (κ3) is 6.01. The Bertz CT molecular complexity index is 987. The van der Waals surface area contributed by atoms with E-state index in [0.29, 0.717) is 33.7 Å². The first-order valence-corrected chi connectivity index (χ1v) is 13.0. The SMILES string of the molecule is COc1ccc2ncc(Cl)c([C@H](F)CCC3(CC(=O)O)CCN(CCC4CCCC4)CC3)c2c1. The van der Waals surface area contributed by atoms with Gasteiger partial charge in [0.2, 0.25) is 0 Å². The molecule has 1 saturated heterocycles. The number of carbonyl (C=O) groups is 1. The first kappa shape index (κ1) is 25.2. The minimum atomic E-state index is -1.30. The topological polar surface area (TPSA) is 62.7 Å². The van der Waals surface area contributed by atoms with Crippen molar-refractivity contribution in [3.63, 3.8) is 0 Å². The molecule has 2 aromatic rings. The van der Waals surface area contributed by atoms with E-state index in [1.165, 1.54) is 38.3 Å². The third-order valence-corrected chi connectivity index (χ3v) is 8.38. The van der Waals surface area contributed by atoms with Crippen LogP contribution < -0.4 is 4.74 Å². The molecular formula is C27H36ClFN2O3. The zero-order valence-electron chi connectivity index (χ0n) is 20.1. The number of carboxylic acids is 1. The van der Waals surface area contributed by atoms with Crippen LogP contribution in [-0.2, 0) is 4.79 Å². The molecule has 0 amide bonds. The van der Waals surface area contributed by atoms with Crippen LogP contribution in [0, 0.1) is 11.3 Å². The molecule has 7 heteroatoms. The van der Waals surface area contributed by atoms with E-state index >= 15 is 4.39 Å². The van der Waals surface area contributed by atoms with Gasteiger partial charge in [-0.05, 0) is 81.3 Å². The summed E-state index contributed by atoms with van der Waals surface area (Å²) in [6.45, 7) is 2.89. The van der Waals surface area contributed by atoms with Gasteiger partial charge in [0.1, 0.15) is 11.9 Å². The average Bonchev–Trinajstić information content (AvgIpc) is 3.35. The van der Waals surface area contributed by atoms with E-state index in [1.54, 1.807) is 25.3 Å². The number of alkyl halides is 1. The van der Waals surface area contributed by atoms with E-state index in [4.69, 9.17) is 16.3 Å². The molecule has 1 aliphatic heterocycles. The molecule has 1 aromatic heterocycles. The van der Waals surface area contributed by atoms with Crippen LogP contribution in [0.3, 0.4) is 0 Å². The first-order valence-electron chi connectivity index (χ1n) is 12.6. The highest BCUT2D eigenvalue weighted by Gasteiger charge is 2.37. The van der Waals surface area contributed by atoms with Crippen LogP contribution in [0.25, 0.3) is 10.9 Å². The van der Waals surface area contributed by atoms with Crippen LogP contribution in [0.4, 0.5) is 4.39 Å². The molecule has 4 rings (SSSR count). The molecule has 0 bridgehead atoms. The Morgan fingerprint density at radius 3 is 2.74 bits per heavy atom. The second-order valence-electron chi connectivity index (χ2n) is 10.3. The number of nitrogens with zero attached hydrogens (tertiary/aromatic N) is 2. The van der Waals surface area contributed by atoms with Crippen molar-refractivity contribution in [2.24, 2.45) is 11.3 Å². The number of fused-ring (bicyclic) bond motifs is 1. The molecule has 34 heavy (non-hydrogen) atoms. The van der Waals surface area contributed by atoms with Crippen LogP contribution in [-0.4, -0.2) is 47.7 Å². The van der Waals surface area contributed by atoms with Crippen LogP contribution in [0.5, 0.6) is 5.75 Å². The molecule has 1 aliphatic carbocycles. The number of halogens is 2. The molecule has 1 aromatic carbocycles. The van der Waals surface area contributed by atoms with Gasteiger partial charge >= 0.3 is 5.97 Å². The van der Waals surface area contributed by atoms with E-state index in [9.17, 15) is 9.90 Å². The number of aliphatic carboxylic acids is 1. The Morgan fingerprint density at radius 1 is 1.32 bits per heavy atom. The first-order chi connectivity index (χ1) is 16.4. The second-order valence-corrected chi connectivity index (χ2v) is 10.7. The van der Waals surface area contributed by atoms with Gasteiger partial charge in [-0.15, -0.1) is 0 Å². The van der Waals surface area contributed by atoms with Gasteiger partial charge in [0, 0.05) is 17.1 Å². The number of carboxylic acid groups (broad SMARTS) is 1. The zero-order valence-corrected chi connectivity index (χ0v) is 20.8. The summed E-state index contributed by atoms with van der Waals surface area (Å²) in [5, 5.41) is 10.6. The second kappa shape index (κ2) is 11.2. The van der Waals surface area contributed by atoms with Crippen LogP contribution >= 0.6 is 11.6 Å². The average molecular weight is 491 g/mol. The van der Waals surface area contributed by atoms with E-state index < -0.39 is 12.1 Å². The summed E-state index contributed by atoms with van der Waals surface area (Å²) in [4.78, 5) is 18.5. The summed E-state index contributed by atoms with van der Waals surface area (Å²) in [7, 11) is 1.57. The fourth-order valence-corrected chi connectivity index (χ4v) is 6.21. The van der Waals surface area contributed by atoms with Gasteiger partial charge in [-0.3, -0.25) is 9.78 Å². The fourth-order valence-electron chi connectivity index (χ4n) is 5.94. The van der Waals surface area contributed by atoms with Crippen molar-refractivity contribution < 1.29 is 19.0 Å². The number of piperidine rings is 1. The number of hydrogen-bond acceptors (Lipinski definition) is 4. The van der Waals surface area contributed by atoms with Crippen molar-refractivity contribution in [3.8, 4) is 5.75 Å². The molecular weight excluding hydrogens is 455 g/mol. The van der Waals surface area contributed by atoms with Crippen LogP contribution in [0.15, 0.2) is 24.4 Å². The Hall–Kier alpha value is -1.92. The van der Waals surface area contributed by atoms with Crippen LogP contribution in [0.1, 0.15) is 75.9 Å². The summed E-state index contributed by atoms with van der Waals surface area (Å²) < 4.78 is 21.0. The number of hydrogen-bond donors (Lipinski definition) is 1. The molecule has 0 radical (unpaired) electrons. The van der Waals surface area contributed by atoms with Gasteiger partial charge in [-0.25, -0.2) is 4.39 Å². The number of benzene rings is 1. The van der Waals surface area contributed by atoms with Crippen molar-refractivity contribution in [2.75, 3.05) is 26.7 Å². The molecule has 2 heterocycles. The maximum absolute atomic E-state index is 15.7. The Morgan fingerprint density at radius 2 is 2.06 bits per heavy atom. The highest BCUT2D eigenvalue weighted by atomic mass is 35.5. The molecule has 0 spiro atoms. The lowest BCUT2D eigenvalue weighted by Gasteiger charge is -2.42. The van der Waals surface area contributed by atoms with Gasteiger partial charge in [-0.1, -0.05) is 37.3 Å². The standard InChI is InChI=1S/C27H36ClFN2O3/c1-34-20-6-7-24-21(16-20)26(22(28)18-30-24)23(29)8-10-27(17-25(32)33)11-14-31(15-12-27)13-9-19-4-2-3-5-19/h6-7,16,18-19,23H,2-5,8-15,17H2,1H3,(H,32,33)/t23-/m1/s1. The van der Waals surface area contributed by atoms with Crippen LogP contribution in [0.2, 0.25) is 5.02 Å². The molecule has 2 fully saturated rings. The molecule has 2 aliphatic rings. The summed E-state index contributed by atoms with van der Waals surface area (Å²) in [5.74, 6) is 0.681. The molecule has 1 N–H and O–H groups in total. The van der Waals surface area contributed by atoms with Crippen molar-refractivity contribution in [3.05, 3.63) is 35.0 Å². The summed E-state index contributed by atoms with van der Waals surface area (Å²) in [6, 6.07) is 5.36. The number of likely N-dealkylation sites (tertiary alicyclic amines) is 1. The largest absolute Gasteiger partial charge is 0.497 e. The predicted molar refractivity (Wildman–Crippen MR) is 133 cm³/mol. The smallest absolute Gasteiger partial charge is 0.303 e. The lowest BCUT2D eigenvalue weighted by atomic mass is 9.71. The molecule has 5 nitrogen and oxygen atoms in total. The third-order valence-electron chi connectivity index (χ3n) is 8.08. The zero-order chi connectivity index (χ0) is 24.1. The predicted octanol–water partition coefficient (Wildman–Crippen LogP) is 6.82. The van der Waals surface area contributed by atoms with Crippen molar-refractivity contribution >= 4 is 28.5 Å². The van der Waals surface area contributed by atoms with Gasteiger partial charge in [0.15, 0.2) is 0 Å². The number of aromatic nitrogens is 1.